The van der Waals surface area contributed by atoms with E-state index in [2.05, 4.69) is 5.32 Å². The van der Waals surface area contributed by atoms with Crippen LogP contribution >= 0.6 is 11.6 Å². The molecule has 5 rings (SSSR count). The van der Waals surface area contributed by atoms with Gasteiger partial charge in [0.15, 0.2) is 11.9 Å². The van der Waals surface area contributed by atoms with Crippen molar-refractivity contribution in [2.45, 2.75) is 11.9 Å². The molecular formula is C29H23ClN2O5S. The summed E-state index contributed by atoms with van der Waals surface area (Å²) in [6.45, 7) is -0.229. The average Bonchev–Trinajstić information content (AvgIpc) is 2.93. The summed E-state index contributed by atoms with van der Waals surface area (Å²) in [5, 5.41) is 3.08. The van der Waals surface area contributed by atoms with Gasteiger partial charge in [-0.3, -0.25) is 13.9 Å². The maximum absolute atomic E-state index is 13.5. The number of hydrogen-bond donors (Lipinski definition) is 1. The van der Waals surface area contributed by atoms with Crippen LogP contribution in [0.2, 0.25) is 5.02 Å². The lowest BCUT2D eigenvalue weighted by atomic mass is 10.0. The van der Waals surface area contributed by atoms with Crippen LogP contribution in [0, 0.1) is 0 Å². The second-order valence-electron chi connectivity index (χ2n) is 8.72. The Balaban J connectivity index is 1.43. The number of fused-ring (bicyclic) bond motifs is 1. The van der Waals surface area contributed by atoms with Gasteiger partial charge in [-0.1, -0.05) is 84.4 Å². The second kappa shape index (κ2) is 10.7. The molecular weight excluding hydrogens is 524 g/mol. The van der Waals surface area contributed by atoms with Gasteiger partial charge in [-0.05, 0) is 35.9 Å². The topological polar surface area (TPSA) is 92.8 Å². The first-order valence-corrected chi connectivity index (χ1v) is 13.8. The number of para-hydroxylation sites is 2. The molecule has 4 aromatic carbocycles. The Labute approximate surface area is 225 Å². The quantitative estimate of drug-likeness (QED) is 0.317. The Bertz CT molecular complexity index is 1590. The summed E-state index contributed by atoms with van der Waals surface area (Å²) in [6, 6.07) is 28.7. The molecule has 0 aliphatic carbocycles. The predicted octanol–water partition coefficient (Wildman–Crippen LogP) is 5.31. The summed E-state index contributed by atoms with van der Waals surface area (Å²) < 4.78 is 34.1. The highest BCUT2D eigenvalue weighted by atomic mass is 35.5. The van der Waals surface area contributed by atoms with Crippen LogP contribution in [0.25, 0.3) is 0 Å². The predicted molar refractivity (Wildman–Crippen MR) is 147 cm³/mol. The zero-order valence-electron chi connectivity index (χ0n) is 20.1. The molecule has 0 fully saturated rings. The Morgan fingerprint density at radius 1 is 0.895 bits per heavy atom. The van der Waals surface area contributed by atoms with E-state index in [0.717, 1.165) is 0 Å². The van der Waals surface area contributed by atoms with E-state index in [4.69, 9.17) is 16.3 Å². The molecule has 1 unspecified atom stereocenters. The smallest absolute Gasteiger partial charge is 0.267 e. The summed E-state index contributed by atoms with van der Waals surface area (Å²) in [5.41, 5.74) is 1.88. The average molecular weight is 547 g/mol. The van der Waals surface area contributed by atoms with Gasteiger partial charge in [-0.15, -0.1) is 0 Å². The largest absolute Gasteiger partial charge is 0.476 e. The van der Waals surface area contributed by atoms with Crippen LogP contribution in [-0.4, -0.2) is 32.8 Å². The molecule has 0 aromatic heterocycles. The van der Waals surface area contributed by atoms with Crippen molar-refractivity contribution >= 4 is 44.7 Å². The number of halogens is 1. The molecule has 38 heavy (non-hydrogen) atoms. The Kier molecular flexibility index (Phi) is 7.18. The van der Waals surface area contributed by atoms with E-state index in [1.54, 1.807) is 84.9 Å². The number of benzene rings is 4. The molecule has 0 spiro atoms. The monoisotopic (exact) mass is 546 g/mol. The number of nitrogens with one attached hydrogen (secondary N) is 1. The van der Waals surface area contributed by atoms with E-state index in [9.17, 15) is 18.0 Å². The van der Waals surface area contributed by atoms with Gasteiger partial charge in [0, 0.05) is 16.1 Å². The fourth-order valence-electron chi connectivity index (χ4n) is 4.24. The lowest BCUT2D eigenvalue weighted by Crippen LogP contribution is -2.49. The van der Waals surface area contributed by atoms with Crippen LogP contribution in [0.4, 0.5) is 11.4 Å². The van der Waals surface area contributed by atoms with E-state index < -0.39 is 22.0 Å². The first-order chi connectivity index (χ1) is 18.3. The first kappa shape index (κ1) is 25.5. The van der Waals surface area contributed by atoms with Gasteiger partial charge in [0.2, 0.25) is 10.0 Å². The number of hydrogen-bond acceptors (Lipinski definition) is 5. The van der Waals surface area contributed by atoms with E-state index >= 15 is 0 Å². The summed E-state index contributed by atoms with van der Waals surface area (Å²) >= 11 is 6.16. The molecule has 0 bridgehead atoms. The SMILES string of the molecule is O=C(c1ccccc1)c1cc(Cl)ccc1NC(=O)C1CN(S(=O)(=O)Cc2ccccc2)c2ccccc2O1. The number of anilines is 2. The molecule has 1 heterocycles. The molecule has 7 nitrogen and oxygen atoms in total. The van der Waals surface area contributed by atoms with Crippen LogP contribution in [0.3, 0.4) is 0 Å². The van der Waals surface area contributed by atoms with Crippen LogP contribution in [0.1, 0.15) is 21.5 Å². The zero-order chi connectivity index (χ0) is 26.7. The minimum Gasteiger partial charge on any atom is -0.476 e. The third-order valence-electron chi connectivity index (χ3n) is 6.08. The van der Waals surface area contributed by atoms with Crippen molar-refractivity contribution in [3.8, 4) is 5.75 Å². The second-order valence-corrected chi connectivity index (χ2v) is 11.1. The molecule has 1 N–H and O–H groups in total. The number of sulfonamides is 1. The molecule has 1 atom stereocenters. The first-order valence-electron chi connectivity index (χ1n) is 11.8. The van der Waals surface area contributed by atoms with Crippen LogP contribution in [-0.2, 0) is 20.6 Å². The van der Waals surface area contributed by atoms with E-state index in [1.807, 2.05) is 6.07 Å². The summed E-state index contributed by atoms with van der Waals surface area (Å²) in [7, 11) is -3.85. The van der Waals surface area contributed by atoms with Crippen molar-refractivity contribution in [2.24, 2.45) is 0 Å². The molecule has 0 saturated heterocycles. The van der Waals surface area contributed by atoms with E-state index in [1.165, 1.54) is 16.4 Å². The summed E-state index contributed by atoms with van der Waals surface area (Å²) in [6.07, 6.45) is -1.16. The fourth-order valence-corrected chi connectivity index (χ4v) is 5.99. The van der Waals surface area contributed by atoms with Crippen LogP contribution < -0.4 is 14.4 Å². The van der Waals surface area contributed by atoms with Gasteiger partial charge in [-0.2, -0.15) is 0 Å². The van der Waals surface area contributed by atoms with Crippen molar-refractivity contribution in [1.29, 1.82) is 0 Å². The van der Waals surface area contributed by atoms with Crippen molar-refractivity contribution in [1.82, 2.24) is 0 Å². The maximum Gasteiger partial charge on any atom is 0.267 e. The number of rotatable bonds is 7. The normalized spacial score (nSPS) is 14.8. The summed E-state index contributed by atoms with van der Waals surface area (Å²) in [5.74, 6) is -0.870. The lowest BCUT2D eigenvalue weighted by molar-refractivity contribution is -0.122. The molecule has 1 aliphatic heterocycles. The highest BCUT2D eigenvalue weighted by Crippen LogP contribution is 2.36. The highest BCUT2D eigenvalue weighted by molar-refractivity contribution is 7.92. The number of amides is 1. The highest BCUT2D eigenvalue weighted by Gasteiger charge is 2.37. The maximum atomic E-state index is 13.5. The number of ether oxygens (including phenoxy) is 1. The molecule has 0 radical (unpaired) electrons. The van der Waals surface area contributed by atoms with Crippen LogP contribution in [0.5, 0.6) is 5.75 Å². The number of carbonyl (C=O) groups is 2. The standard InChI is InChI=1S/C29H23ClN2O5S/c30-22-15-16-24(23(17-22)28(33)21-11-5-2-6-12-21)31-29(34)27-18-32(25-13-7-8-14-26(25)37-27)38(35,36)19-20-9-3-1-4-10-20/h1-17,27H,18-19H2,(H,31,34). The Morgan fingerprint density at radius 3 is 2.29 bits per heavy atom. The molecule has 1 aliphatic rings. The summed E-state index contributed by atoms with van der Waals surface area (Å²) in [4.78, 5) is 26.6. The van der Waals surface area contributed by atoms with E-state index in [-0.39, 0.29) is 35.1 Å². The molecule has 9 heteroatoms. The van der Waals surface area contributed by atoms with Gasteiger partial charge >= 0.3 is 0 Å². The van der Waals surface area contributed by atoms with Crippen molar-refractivity contribution in [3.05, 3.63) is 125 Å². The minimum absolute atomic E-state index is 0.210. The van der Waals surface area contributed by atoms with Crippen molar-refractivity contribution in [3.63, 3.8) is 0 Å². The van der Waals surface area contributed by atoms with E-state index in [0.29, 0.717) is 21.8 Å². The van der Waals surface area contributed by atoms with Gasteiger partial charge in [0.05, 0.1) is 23.7 Å². The Hall–Kier alpha value is -4.14. The lowest BCUT2D eigenvalue weighted by Gasteiger charge is -2.34. The van der Waals surface area contributed by atoms with Gasteiger partial charge in [0.25, 0.3) is 5.91 Å². The third-order valence-corrected chi connectivity index (χ3v) is 8.03. The van der Waals surface area contributed by atoms with Gasteiger partial charge < -0.3 is 10.1 Å². The van der Waals surface area contributed by atoms with Crippen molar-refractivity contribution < 1.29 is 22.7 Å². The van der Waals surface area contributed by atoms with Crippen molar-refractivity contribution in [2.75, 3.05) is 16.2 Å². The zero-order valence-corrected chi connectivity index (χ0v) is 21.7. The molecule has 0 saturated carbocycles. The van der Waals surface area contributed by atoms with Gasteiger partial charge in [0.1, 0.15) is 5.75 Å². The molecule has 1 amide bonds. The Morgan fingerprint density at radius 2 is 1.55 bits per heavy atom. The molecule has 192 valence electrons. The number of carbonyl (C=O) groups excluding carboxylic acids is 2. The molecule has 4 aromatic rings. The number of ketones is 1. The fraction of sp³-hybridized carbons (Fsp3) is 0.103. The third kappa shape index (κ3) is 5.41. The minimum atomic E-state index is -3.85. The van der Waals surface area contributed by atoms with Gasteiger partial charge in [-0.25, -0.2) is 8.42 Å². The number of nitrogens with zero attached hydrogens (tertiary/aromatic N) is 1. The van der Waals surface area contributed by atoms with Crippen LogP contribution in [0.15, 0.2) is 103 Å².